The molecule has 1 aliphatic heterocycles. The van der Waals surface area contributed by atoms with Crippen LogP contribution in [0.3, 0.4) is 0 Å². The molecular weight excluding hydrogens is 356 g/mol. The van der Waals surface area contributed by atoms with E-state index < -0.39 is 16.8 Å². The number of aromatic nitrogens is 2. The summed E-state index contributed by atoms with van der Waals surface area (Å²) in [5.41, 5.74) is 14.7. The minimum absolute atomic E-state index is 0.129. The van der Waals surface area contributed by atoms with Crippen molar-refractivity contribution < 1.29 is 4.79 Å². The van der Waals surface area contributed by atoms with Crippen molar-refractivity contribution in [2.24, 2.45) is 18.5 Å². The SMILES string of the molecule is CC(c1cccc2ccccc12)[SH]1C(c2ccnn2C)=CC(C(N)=O)=C1N. The summed E-state index contributed by atoms with van der Waals surface area (Å²) < 4.78 is 1.81. The first kappa shape index (κ1) is 17.4. The third-order valence-corrected chi connectivity index (χ3v) is 7.78. The lowest BCUT2D eigenvalue weighted by atomic mass is 10.0. The van der Waals surface area contributed by atoms with Gasteiger partial charge in [-0.05, 0) is 28.5 Å². The summed E-state index contributed by atoms with van der Waals surface area (Å²) in [5, 5.41) is 7.41. The van der Waals surface area contributed by atoms with E-state index in [0.29, 0.717) is 10.6 Å². The number of carbonyl (C=O) groups is 1. The normalized spacial score (nSPS) is 19.3. The quantitative estimate of drug-likeness (QED) is 0.609. The largest absolute Gasteiger partial charge is 0.394 e. The standard InChI is InChI=1S/C21H22N4OS/c1-13(15-9-5-7-14-6-3-4-8-16(14)15)27-19(18-10-11-24-25(18)2)12-17(20(22)26)21(27)23/h3-13,27H,23H2,1-2H3,(H2,22,26). The second kappa shape index (κ2) is 6.63. The maximum Gasteiger partial charge on any atom is 0.251 e. The predicted molar refractivity (Wildman–Crippen MR) is 113 cm³/mol. The van der Waals surface area contributed by atoms with Crippen LogP contribution in [0.5, 0.6) is 0 Å². The average Bonchev–Trinajstić information content (AvgIpc) is 3.23. The highest BCUT2D eigenvalue weighted by Gasteiger charge is 2.32. The van der Waals surface area contributed by atoms with Crippen molar-refractivity contribution in [1.29, 1.82) is 0 Å². The van der Waals surface area contributed by atoms with Crippen LogP contribution in [-0.2, 0) is 11.8 Å². The Kier molecular flexibility index (Phi) is 4.28. The number of thiol groups is 1. The van der Waals surface area contributed by atoms with Crippen molar-refractivity contribution in [3.63, 3.8) is 0 Å². The zero-order chi connectivity index (χ0) is 19.1. The number of nitrogens with zero attached hydrogens (tertiary/aromatic N) is 2. The Morgan fingerprint density at radius 3 is 2.59 bits per heavy atom. The second-order valence-electron chi connectivity index (χ2n) is 6.65. The van der Waals surface area contributed by atoms with Gasteiger partial charge in [0.1, 0.15) is 0 Å². The predicted octanol–water partition coefficient (Wildman–Crippen LogP) is 3.35. The highest BCUT2D eigenvalue weighted by molar-refractivity contribution is 8.28. The van der Waals surface area contributed by atoms with E-state index in [1.807, 2.05) is 36.0 Å². The van der Waals surface area contributed by atoms with E-state index in [4.69, 9.17) is 11.5 Å². The molecule has 4 rings (SSSR count). The molecule has 2 aromatic carbocycles. The monoisotopic (exact) mass is 378 g/mol. The minimum atomic E-state index is -0.962. The number of fused-ring (bicyclic) bond motifs is 1. The molecule has 0 saturated carbocycles. The van der Waals surface area contributed by atoms with Gasteiger partial charge in [-0.2, -0.15) is 16.0 Å². The van der Waals surface area contributed by atoms with Crippen molar-refractivity contribution in [2.75, 3.05) is 0 Å². The third-order valence-electron chi connectivity index (χ3n) is 5.09. The maximum atomic E-state index is 12.0. The van der Waals surface area contributed by atoms with E-state index in [0.717, 1.165) is 10.6 Å². The lowest BCUT2D eigenvalue weighted by Crippen LogP contribution is -2.16. The number of rotatable bonds is 4. The van der Waals surface area contributed by atoms with Crippen LogP contribution in [0.2, 0.25) is 0 Å². The van der Waals surface area contributed by atoms with E-state index in [9.17, 15) is 4.79 Å². The average molecular weight is 379 g/mol. The molecule has 0 bridgehead atoms. The zero-order valence-electron chi connectivity index (χ0n) is 15.3. The van der Waals surface area contributed by atoms with E-state index in [2.05, 4.69) is 42.4 Å². The molecule has 138 valence electrons. The maximum absolute atomic E-state index is 12.0. The molecule has 27 heavy (non-hydrogen) atoms. The molecule has 3 aromatic rings. The molecule has 5 nitrogen and oxygen atoms in total. The van der Waals surface area contributed by atoms with E-state index in [1.54, 1.807) is 6.20 Å². The highest BCUT2D eigenvalue weighted by atomic mass is 32.2. The molecule has 0 radical (unpaired) electrons. The summed E-state index contributed by atoms with van der Waals surface area (Å²) >= 11 is 0. The Morgan fingerprint density at radius 2 is 1.89 bits per heavy atom. The fourth-order valence-electron chi connectivity index (χ4n) is 3.73. The number of primary amides is 1. The topological polar surface area (TPSA) is 86.9 Å². The first-order chi connectivity index (χ1) is 13.0. The summed E-state index contributed by atoms with van der Waals surface area (Å²) in [5.74, 6) is -0.484. The molecule has 4 N–H and O–H groups in total. The molecule has 2 unspecified atom stereocenters. The van der Waals surface area contributed by atoms with Gasteiger partial charge < -0.3 is 11.5 Å². The zero-order valence-corrected chi connectivity index (χ0v) is 16.1. The van der Waals surface area contributed by atoms with Crippen LogP contribution in [0.15, 0.2) is 71.4 Å². The molecule has 1 aromatic heterocycles. The molecule has 2 atom stereocenters. The van der Waals surface area contributed by atoms with Gasteiger partial charge in [0.15, 0.2) is 0 Å². The Morgan fingerprint density at radius 1 is 1.15 bits per heavy atom. The third kappa shape index (κ3) is 2.82. The molecule has 1 amide bonds. The van der Waals surface area contributed by atoms with Crippen molar-refractivity contribution in [1.82, 2.24) is 9.78 Å². The molecule has 1 aliphatic rings. The number of carbonyl (C=O) groups excluding carboxylic acids is 1. The van der Waals surface area contributed by atoms with Gasteiger partial charge in [-0.3, -0.25) is 9.48 Å². The lowest BCUT2D eigenvalue weighted by molar-refractivity contribution is -0.114. The summed E-state index contributed by atoms with van der Waals surface area (Å²) in [4.78, 5) is 13.0. The van der Waals surface area contributed by atoms with Gasteiger partial charge in [0.25, 0.3) is 5.91 Å². The number of benzene rings is 2. The first-order valence-electron chi connectivity index (χ1n) is 8.75. The van der Waals surface area contributed by atoms with Gasteiger partial charge in [0, 0.05) is 23.4 Å². The second-order valence-corrected chi connectivity index (χ2v) is 9.13. The molecule has 0 fully saturated rings. The van der Waals surface area contributed by atoms with Crippen LogP contribution < -0.4 is 11.5 Å². The summed E-state index contributed by atoms with van der Waals surface area (Å²) in [7, 11) is 0.931. The summed E-state index contributed by atoms with van der Waals surface area (Å²) in [6.07, 6.45) is 3.60. The smallest absolute Gasteiger partial charge is 0.251 e. The van der Waals surface area contributed by atoms with Crippen molar-refractivity contribution >= 4 is 32.5 Å². The Hall–Kier alpha value is -2.99. The van der Waals surface area contributed by atoms with Crippen LogP contribution >= 0.6 is 10.9 Å². The molecule has 0 saturated heterocycles. The molecule has 0 aliphatic carbocycles. The van der Waals surface area contributed by atoms with Crippen molar-refractivity contribution in [2.45, 2.75) is 12.2 Å². The molecular formula is C21H22N4OS. The minimum Gasteiger partial charge on any atom is -0.394 e. The van der Waals surface area contributed by atoms with Gasteiger partial charge >= 0.3 is 0 Å². The number of nitrogens with two attached hydrogens (primary N) is 2. The van der Waals surface area contributed by atoms with Crippen LogP contribution in [-0.4, -0.2) is 15.7 Å². The van der Waals surface area contributed by atoms with Gasteiger partial charge in [-0.15, -0.1) is 0 Å². The molecule has 0 spiro atoms. The Bertz CT molecular complexity index is 1110. The molecule has 6 heteroatoms. The van der Waals surface area contributed by atoms with Gasteiger partial charge in [0.05, 0.1) is 16.3 Å². The van der Waals surface area contributed by atoms with Crippen LogP contribution in [0.4, 0.5) is 0 Å². The number of hydrogen-bond acceptors (Lipinski definition) is 3. The van der Waals surface area contributed by atoms with Crippen LogP contribution in [0.25, 0.3) is 15.7 Å². The van der Waals surface area contributed by atoms with Gasteiger partial charge in [-0.1, -0.05) is 49.4 Å². The number of amides is 1. The fourth-order valence-corrected chi connectivity index (χ4v) is 6.50. The van der Waals surface area contributed by atoms with Crippen molar-refractivity contribution in [3.05, 3.63) is 82.7 Å². The molecule has 2 heterocycles. The fraction of sp³-hybridized carbons (Fsp3) is 0.143. The van der Waals surface area contributed by atoms with Gasteiger partial charge in [-0.25, -0.2) is 0 Å². The Labute approximate surface area is 160 Å². The van der Waals surface area contributed by atoms with Crippen LogP contribution in [0, 0.1) is 0 Å². The van der Waals surface area contributed by atoms with E-state index in [1.165, 1.54) is 16.3 Å². The van der Waals surface area contributed by atoms with E-state index >= 15 is 0 Å². The Balaban J connectivity index is 1.87. The number of hydrogen-bond donors (Lipinski definition) is 3. The lowest BCUT2D eigenvalue weighted by Gasteiger charge is -2.29. The van der Waals surface area contributed by atoms with Gasteiger partial charge in [0.2, 0.25) is 0 Å². The summed E-state index contributed by atoms with van der Waals surface area (Å²) in [6.45, 7) is 2.18. The highest BCUT2D eigenvalue weighted by Crippen LogP contribution is 2.61. The van der Waals surface area contributed by atoms with Crippen LogP contribution in [0.1, 0.15) is 23.4 Å². The summed E-state index contributed by atoms with van der Waals surface area (Å²) in [6, 6.07) is 16.6. The number of aryl methyl sites for hydroxylation is 1. The van der Waals surface area contributed by atoms with Crippen molar-refractivity contribution in [3.8, 4) is 0 Å². The van der Waals surface area contributed by atoms with E-state index in [-0.39, 0.29) is 5.25 Å². The first-order valence-corrected chi connectivity index (χ1v) is 10.2.